The Bertz CT molecular complexity index is 827. The van der Waals surface area contributed by atoms with Gasteiger partial charge in [-0.1, -0.05) is 113 Å². The van der Waals surface area contributed by atoms with Crippen LogP contribution in [0.15, 0.2) is 59.8 Å². The Morgan fingerprint density at radius 3 is 1.97 bits per heavy atom. The SMILES string of the molecule is CCCCCCCCCCCCCCOC(COCc1ccccc1)COc1ccc(/C(N)=N/O)cc1. The van der Waals surface area contributed by atoms with Gasteiger partial charge in [-0.05, 0) is 36.2 Å². The van der Waals surface area contributed by atoms with Gasteiger partial charge in [0.05, 0.1) is 13.2 Å². The number of rotatable bonds is 22. The molecule has 0 aliphatic rings. The molecular formula is C31H48N2O4. The first-order valence-corrected chi connectivity index (χ1v) is 14.2. The van der Waals surface area contributed by atoms with Crippen molar-refractivity contribution < 1.29 is 19.4 Å². The zero-order chi connectivity index (χ0) is 26.4. The fourth-order valence-corrected chi connectivity index (χ4v) is 4.19. The summed E-state index contributed by atoms with van der Waals surface area (Å²) in [6.07, 6.45) is 15.7. The van der Waals surface area contributed by atoms with Crippen molar-refractivity contribution in [1.29, 1.82) is 0 Å². The molecule has 0 aromatic heterocycles. The number of nitrogens with two attached hydrogens (primary N) is 1. The second kappa shape index (κ2) is 20.5. The minimum Gasteiger partial charge on any atom is -0.491 e. The highest BCUT2D eigenvalue weighted by atomic mass is 16.6. The molecule has 1 atom stereocenters. The number of unbranched alkanes of at least 4 members (excludes halogenated alkanes) is 11. The minimum atomic E-state index is -0.153. The Morgan fingerprint density at radius 1 is 0.784 bits per heavy atom. The maximum atomic E-state index is 8.82. The number of ether oxygens (including phenoxy) is 3. The average Bonchev–Trinajstić information content (AvgIpc) is 2.94. The molecule has 0 radical (unpaired) electrons. The van der Waals surface area contributed by atoms with Gasteiger partial charge in [-0.25, -0.2) is 0 Å². The summed E-state index contributed by atoms with van der Waals surface area (Å²) in [6, 6.07) is 17.3. The number of hydrogen-bond donors (Lipinski definition) is 2. The van der Waals surface area contributed by atoms with E-state index in [1.807, 2.05) is 18.2 Å². The molecule has 2 aromatic rings. The molecule has 0 heterocycles. The normalized spacial score (nSPS) is 12.5. The Kier molecular flexibility index (Phi) is 17.0. The summed E-state index contributed by atoms with van der Waals surface area (Å²) < 4.78 is 18.0. The number of hydrogen-bond acceptors (Lipinski definition) is 5. The van der Waals surface area contributed by atoms with Gasteiger partial charge in [-0.3, -0.25) is 0 Å². The summed E-state index contributed by atoms with van der Waals surface area (Å²) in [7, 11) is 0. The quantitative estimate of drug-likeness (QED) is 0.0562. The predicted octanol–water partition coefficient (Wildman–Crippen LogP) is 7.46. The molecule has 0 saturated carbocycles. The van der Waals surface area contributed by atoms with Crippen LogP contribution in [-0.2, 0) is 16.1 Å². The highest BCUT2D eigenvalue weighted by Gasteiger charge is 2.12. The molecule has 0 saturated heterocycles. The van der Waals surface area contributed by atoms with Gasteiger partial charge in [-0.15, -0.1) is 0 Å². The van der Waals surface area contributed by atoms with Crippen molar-refractivity contribution in [3.8, 4) is 5.75 Å². The molecule has 1 unspecified atom stereocenters. The Labute approximate surface area is 224 Å². The molecule has 0 amide bonds. The van der Waals surface area contributed by atoms with Gasteiger partial charge in [0.1, 0.15) is 18.5 Å². The van der Waals surface area contributed by atoms with Crippen molar-refractivity contribution in [3.63, 3.8) is 0 Å². The highest BCUT2D eigenvalue weighted by molar-refractivity contribution is 5.97. The smallest absolute Gasteiger partial charge is 0.170 e. The van der Waals surface area contributed by atoms with Crippen molar-refractivity contribution in [2.75, 3.05) is 19.8 Å². The van der Waals surface area contributed by atoms with Crippen molar-refractivity contribution >= 4 is 5.84 Å². The molecule has 2 aromatic carbocycles. The molecule has 6 nitrogen and oxygen atoms in total. The lowest BCUT2D eigenvalue weighted by Crippen LogP contribution is -2.27. The third-order valence-corrected chi connectivity index (χ3v) is 6.46. The van der Waals surface area contributed by atoms with Crippen LogP contribution in [-0.4, -0.2) is 37.0 Å². The molecular weight excluding hydrogens is 464 g/mol. The van der Waals surface area contributed by atoms with Crippen molar-refractivity contribution in [2.24, 2.45) is 10.9 Å². The number of benzene rings is 2. The third kappa shape index (κ3) is 14.7. The summed E-state index contributed by atoms with van der Waals surface area (Å²) in [5, 5.41) is 11.8. The van der Waals surface area contributed by atoms with Crippen LogP contribution in [0.2, 0.25) is 0 Å². The minimum absolute atomic E-state index is 0.0736. The molecule has 0 spiro atoms. The van der Waals surface area contributed by atoms with Gasteiger partial charge in [0.2, 0.25) is 0 Å². The van der Waals surface area contributed by atoms with E-state index in [1.54, 1.807) is 24.3 Å². The van der Waals surface area contributed by atoms with E-state index in [0.29, 0.717) is 37.7 Å². The standard InChI is InChI=1S/C31H48N2O4/c1-2-3-4-5-6-7-8-9-10-11-12-16-23-36-30(25-35-24-27-17-14-13-15-18-27)26-37-29-21-19-28(20-22-29)31(32)33-34/h13-15,17-22,30,34H,2-12,16,23-26H2,1H3,(H2,32,33). The molecule has 3 N–H and O–H groups in total. The van der Waals surface area contributed by atoms with Crippen LogP contribution in [0.3, 0.4) is 0 Å². The molecule has 37 heavy (non-hydrogen) atoms. The van der Waals surface area contributed by atoms with Crippen LogP contribution in [0.5, 0.6) is 5.75 Å². The highest BCUT2D eigenvalue weighted by Crippen LogP contribution is 2.15. The lowest BCUT2D eigenvalue weighted by molar-refractivity contribution is -0.0425. The predicted molar refractivity (Wildman–Crippen MR) is 151 cm³/mol. The first kappa shape index (κ1) is 30.7. The maximum Gasteiger partial charge on any atom is 0.170 e. The lowest BCUT2D eigenvalue weighted by Gasteiger charge is -2.19. The van der Waals surface area contributed by atoms with Crippen LogP contribution in [0.1, 0.15) is 95.1 Å². The van der Waals surface area contributed by atoms with Crippen LogP contribution in [0, 0.1) is 0 Å². The van der Waals surface area contributed by atoms with E-state index in [-0.39, 0.29) is 11.9 Å². The summed E-state index contributed by atoms with van der Waals surface area (Å²) >= 11 is 0. The topological polar surface area (TPSA) is 86.3 Å². The molecule has 0 aliphatic carbocycles. The van der Waals surface area contributed by atoms with E-state index < -0.39 is 0 Å². The fourth-order valence-electron chi connectivity index (χ4n) is 4.19. The largest absolute Gasteiger partial charge is 0.491 e. The Balaban J connectivity index is 1.64. The van der Waals surface area contributed by atoms with E-state index >= 15 is 0 Å². The molecule has 0 fully saturated rings. The molecule has 0 aliphatic heterocycles. The lowest BCUT2D eigenvalue weighted by atomic mass is 10.1. The van der Waals surface area contributed by atoms with E-state index in [4.69, 9.17) is 25.2 Å². The zero-order valence-electron chi connectivity index (χ0n) is 22.8. The van der Waals surface area contributed by atoms with Crippen LogP contribution in [0.25, 0.3) is 0 Å². The van der Waals surface area contributed by atoms with Crippen LogP contribution >= 0.6 is 0 Å². The van der Waals surface area contributed by atoms with E-state index in [0.717, 1.165) is 12.0 Å². The Morgan fingerprint density at radius 2 is 1.38 bits per heavy atom. The second-order valence-electron chi connectivity index (χ2n) is 9.70. The van der Waals surface area contributed by atoms with Gasteiger partial charge in [-0.2, -0.15) is 0 Å². The van der Waals surface area contributed by atoms with E-state index in [1.165, 1.54) is 70.6 Å². The van der Waals surface area contributed by atoms with Gasteiger partial charge < -0.3 is 25.2 Å². The van der Waals surface area contributed by atoms with Gasteiger partial charge in [0.25, 0.3) is 0 Å². The van der Waals surface area contributed by atoms with E-state index in [9.17, 15) is 0 Å². The van der Waals surface area contributed by atoms with Crippen molar-refractivity contribution in [2.45, 2.75) is 96.7 Å². The second-order valence-corrected chi connectivity index (χ2v) is 9.70. The van der Waals surface area contributed by atoms with Gasteiger partial charge in [0, 0.05) is 12.2 Å². The number of nitrogens with zero attached hydrogens (tertiary/aromatic N) is 1. The van der Waals surface area contributed by atoms with Crippen LogP contribution in [0.4, 0.5) is 0 Å². The molecule has 2 rings (SSSR count). The summed E-state index contributed by atoms with van der Waals surface area (Å²) in [5.74, 6) is 0.779. The first-order chi connectivity index (χ1) is 18.2. The number of oxime groups is 1. The average molecular weight is 513 g/mol. The van der Waals surface area contributed by atoms with Gasteiger partial charge in [0.15, 0.2) is 5.84 Å². The van der Waals surface area contributed by atoms with Crippen molar-refractivity contribution in [1.82, 2.24) is 0 Å². The summed E-state index contributed by atoms with van der Waals surface area (Å²) in [4.78, 5) is 0. The molecule has 0 bridgehead atoms. The van der Waals surface area contributed by atoms with Crippen molar-refractivity contribution in [3.05, 3.63) is 65.7 Å². The molecule has 206 valence electrons. The maximum absolute atomic E-state index is 8.82. The third-order valence-electron chi connectivity index (χ3n) is 6.46. The number of amidine groups is 1. The monoisotopic (exact) mass is 512 g/mol. The van der Waals surface area contributed by atoms with Crippen LogP contribution < -0.4 is 10.5 Å². The summed E-state index contributed by atoms with van der Waals surface area (Å²) in [6.45, 7) is 4.40. The fraction of sp³-hybridized carbons (Fsp3) is 0.581. The van der Waals surface area contributed by atoms with Gasteiger partial charge >= 0.3 is 0 Å². The molecule has 6 heteroatoms. The van der Waals surface area contributed by atoms with E-state index in [2.05, 4.69) is 24.2 Å². The summed E-state index contributed by atoms with van der Waals surface area (Å²) in [5.41, 5.74) is 7.41. The first-order valence-electron chi connectivity index (χ1n) is 14.2. The Hall–Kier alpha value is -2.57. The zero-order valence-corrected chi connectivity index (χ0v) is 22.8.